The second-order valence-corrected chi connectivity index (χ2v) is 4.68. The highest BCUT2D eigenvalue weighted by molar-refractivity contribution is 5.86. The largest absolute Gasteiger partial charge is 0.490 e. The van der Waals surface area contributed by atoms with Crippen molar-refractivity contribution in [3.63, 3.8) is 0 Å². The Kier molecular flexibility index (Phi) is 4.63. The van der Waals surface area contributed by atoms with Gasteiger partial charge in [0.15, 0.2) is 5.69 Å². The zero-order chi connectivity index (χ0) is 15.9. The highest BCUT2D eigenvalue weighted by Crippen LogP contribution is 2.08. The van der Waals surface area contributed by atoms with Crippen molar-refractivity contribution in [2.24, 2.45) is 0 Å². The van der Waals surface area contributed by atoms with Gasteiger partial charge in [-0.05, 0) is 24.3 Å². The highest BCUT2D eigenvalue weighted by atomic mass is 16.6. The van der Waals surface area contributed by atoms with Crippen molar-refractivity contribution in [2.45, 2.75) is 0 Å². The number of rotatable bonds is 6. The van der Waals surface area contributed by atoms with Crippen molar-refractivity contribution < 1.29 is 14.3 Å². The molecule has 0 N–H and O–H groups in total. The van der Waals surface area contributed by atoms with Crippen LogP contribution in [0.5, 0.6) is 5.75 Å². The summed E-state index contributed by atoms with van der Waals surface area (Å²) in [6.45, 7) is 0.425. The van der Waals surface area contributed by atoms with Gasteiger partial charge in [-0.25, -0.2) is 9.48 Å². The molecule has 0 atom stereocenters. The molecule has 0 spiro atoms. The first kappa shape index (κ1) is 14.8. The second kappa shape index (κ2) is 7.22. The molecule has 0 amide bonds. The first-order valence-electron chi connectivity index (χ1n) is 7.16. The van der Waals surface area contributed by atoms with Crippen molar-refractivity contribution in [3.05, 3.63) is 72.6 Å². The van der Waals surface area contributed by atoms with Crippen LogP contribution in [0.15, 0.2) is 66.9 Å². The molecule has 6 heteroatoms. The average Bonchev–Trinajstić information content (AvgIpc) is 3.10. The van der Waals surface area contributed by atoms with Crippen molar-refractivity contribution in [1.82, 2.24) is 15.0 Å². The molecular formula is C17H15N3O3. The van der Waals surface area contributed by atoms with E-state index in [1.165, 1.54) is 10.9 Å². The molecule has 0 aliphatic rings. The molecule has 3 aromatic rings. The summed E-state index contributed by atoms with van der Waals surface area (Å²) in [6.07, 6.45) is 1.54. The van der Waals surface area contributed by atoms with Gasteiger partial charge in [-0.3, -0.25) is 0 Å². The van der Waals surface area contributed by atoms with Crippen LogP contribution in [0.2, 0.25) is 0 Å². The number of hydrogen-bond donors (Lipinski definition) is 0. The highest BCUT2D eigenvalue weighted by Gasteiger charge is 2.12. The van der Waals surface area contributed by atoms with Gasteiger partial charge >= 0.3 is 5.97 Å². The van der Waals surface area contributed by atoms with E-state index in [0.717, 1.165) is 11.4 Å². The summed E-state index contributed by atoms with van der Waals surface area (Å²) in [5, 5.41) is 7.74. The third kappa shape index (κ3) is 3.94. The molecule has 116 valence electrons. The molecule has 0 saturated carbocycles. The van der Waals surface area contributed by atoms with Crippen LogP contribution in [-0.2, 0) is 4.74 Å². The summed E-state index contributed by atoms with van der Waals surface area (Å²) >= 11 is 0. The number of carbonyl (C=O) groups is 1. The third-order valence-corrected chi connectivity index (χ3v) is 3.05. The van der Waals surface area contributed by atoms with Gasteiger partial charge in [0.2, 0.25) is 0 Å². The fraction of sp³-hybridized carbons (Fsp3) is 0.118. The van der Waals surface area contributed by atoms with Gasteiger partial charge < -0.3 is 9.47 Å². The fourth-order valence-corrected chi connectivity index (χ4v) is 1.95. The topological polar surface area (TPSA) is 66.2 Å². The minimum absolute atomic E-state index is 0.145. The summed E-state index contributed by atoms with van der Waals surface area (Å²) in [4.78, 5) is 11.9. The Morgan fingerprint density at radius 1 is 0.957 bits per heavy atom. The second-order valence-electron chi connectivity index (χ2n) is 4.68. The predicted molar refractivity (Wildman–Crippen MR) is 83.6 cm³/mol. The number of aromatic nitrogens is 3. The van der Waals surface area contributed by atoms with Gasteiger partial charge in [0, 0.05) is 0 Å². The Bertz CT molecular complexity index is 757. The van der Waals surface area contributed by atoms with Crippen LogP contribution in [0.25, 0.3) is 5.69 Å². The van der Waals surface area contributed by atoms with E-state index < -0.39 is 5.97 Å². The molecule has 23 heavy (non-hydrogen) atoms. The van der Waals surface area contributed by atoms with E-state index in [0.29, 0.717) is 0 Å². The molecule has 1 aromatic heterocycles. The number of carbonyl (C=O) groups excluding carboxylic acids is 1. The van der Waals surface area contributed by atoms with E-state index in [9.17, 15) is 4.79 Å². The van der Waals surface area contributed by atoms with Gasteiger partial charge in [-0.1, -0.05) is 41.6 Å². The maximum absolute atomic E-state index is 11.9. The Morgan fingerprint density at radius 2 is 1.65 bits per heavy atom. The summed E-state index contributed by atoms with van der Waals surface area (Å²) in [7, 11) is 0. The summed E-state index contributed by atoms with van der Waals surface area (Å²) in [5.74, 6) is 0.211. The Balaban J connectivity index is 1.50. The van der Waals surface area contributed by atoms with E-state index in [2.05, 4.69) is 10.3 Å². The average molecular weight is 309 g/mol. The lowest BCUT2D eigenvalue weighted by molar-refractivity contribution is 0.0443. The van der Waals surface area contributed by atoms with Crippen LogP contribution in [-0.4, -0.2) is 34.2 Å². The molecule has 1 heterocycles. The normalized spacial score (nSPS) is 10.3. The Morgan fingerprint density at radius 3 is 2.39 bits per heavy atom. The van der Waals surface area contributed by atoms with Crippen molar-refractivity contribution in [3.8, 4) is 11.4 Å². The zero-order valence-electron chi connectivity index (χ0n) is 12.3. The number of benzene rings is 2. The minimum atomic E-state index is -0.524. The lowest BCUT2D eigenvalue weighted by Gasteiger charge is -2.05. The van der Waals surface area contributed by atoms with Crippen LogP contribution in [0.1, 0.15) is 10.5 Å². The van der Waals surface area contributed by atoms with Crippen LogP contribution in [0, 0.1) is 0 Å². The molecule has 0 aliphatic heterocycles. The van der Waals surface area contributed by atoms with Crippen LogP contribution in [0.4, 0.5) is 0 Å². The maximum atomic E-state index is 11.9. The molecule has 0 bridgehead atoms. The lowest BCUT2D eigenvalue weighted by atomic mass is 10.3. The lowest BCUT2D eigenvalue weighted by Crippen LogP contribution is -2.12. The van der Waals surface area contributed by atoms with Crippen LogP contribution >= 0.6 is 0 Å². The molecule has 0 unspecified atom stereocenters. The van der Waals surface area contributed by atoms with E-state index in [1.54, 1.807) is 0 Å². The molecule has 0 fully saturated rings. The van der Waals surface area contributed by atoms with E-state index in [1.807, 2.05) is 60.7 Å². The number of hydrogen-bond acceptors (Lipinski definition) is 5. The third-order valence-electron chi connectivity index (χ3n) is 3.05. The van der Waals surface area contributed by atoms with Crippen LogP contribution in [0.3, 0.4) is 0 Å². The Labute approximate surface area is 133 Å². The summed E-state index contributed by atoms with van der Waals surface area (Å²) in [6, 6.07) is 18.8. The van der Waals surface area contributed by atoms with Gasteiger partial charge in [-0.15, -0.1) is 5.10 Å². The quantitative estimate of drug-likeness (QED) is 0.517. The van der Waals surface area contributed by atoms with E-state index in [-0.39, 0.29) is 18.9 Å². The molecular weight excluding hydrogens is 294 g/mol. The van der Waals surface area contributed by atoms with Gasteiger partial charge in [0.05, 0.1) is 11.9 Å². The monoisotopic (exact) mass is 309 g/mol. The first-order chi connectivity index (χ1) is 11.3. The van der Waals surface area contributed by atoms with Gasteiger partial charge in [-0.2, -0.15) is 0 Å². The maximum Gasteiger partial charge on any atom is 0.360 e. The zero-order valence-corrected chi connectivity index (χ0v) is 12.3. The van der Waals surface area contributed by atoms with E-state index in [4.69, 9.17) is 9.47 Å². The molecule has 0 radical (unpaired) electrons. The van der Waals surface area contributed by atoms with Gasteiger partial charge in [0.25, 0.3) is 0 Å². The molecule has 6 nitrogen and oxygen atoms in total. The molecule has 0 saturated heterocycles. The number of nitrogens with zero attached hydrogens (tertiary/aromatic N) is 3. The predicted octanol–water partition coefficient (Wildman–Crippen LogP) is 2.50. The summed E-state index contributed by atoms with van der Waals surface area (Å²) < 4.78 is 12.1. The van der Waals surface area contributed by atoms with Crippen molar-refractivity contribution in [2.75, 3.05) is 13.2 Å². The molecule has 3 rings (SSSR count). The summed E-state index contributed by atoms with van der Waals surface area (Å²) in [5.41, 5.74) is 0.986. The van der Waals surface area contributed by atoms with Gasteiger partial charge in [0.1, 0.15) is 19.0 Å². The number of ether oxygens (including phenoxy) is 2. The fourth-order valence-electron chi connectivity index (χ4n) is 1.95. The minimum Gasteiger partial charge on any atom is -0.490 e. The standard InChI is InChI=1S/C17H15N3O3/c21-17(23-12-11-22-15-9-5-2-6-10-15)16-13-20(19-18-16)14-7-3-1-4-8-14/h1-10,13H,11-12H2. The smallest absolute Gasteiger partial charge is 0.360 e. The SMILES string of the molecule is O=C(OCCOc1ccccc1)c1cn(-c2ccccc2)nn1. The number of para-hydroxylation sites is 2. The Hall–Kier alpha value is -3.15. The van der Waals surface area contributed by atoms with Crippen molar-refractivity contribution >= 4 is 5.97 Å². The molecule has 2 aromatic carbocycles. The number of esters is 1. The van der Waals surface area contributed by atoms with E-state index >= 15 is 0 Å². The van der Waals surface area contributed by atoms with Crippen LogP contribution < -0.4 is 4.74 Å². The molecule has 0 aliphatic carbocycles. The van der Waals surface area contributed by atoms with Crippen molar-refractivity contribution in [1.29, 1.82) is 0 Å². The first-order valence-corrected chi connectivity index (χ1v) is 7.16.